The summed E-state index contributed by atoms with van der Waals surface area (Å²) in [5.41, 5.74) is 1.38. The first kappa shape index (κ1) is 25.0. The number of likely N-dealkylation sites (tertiary alicyclic amines) is 1. The molecule has 0 saturated carbocycles. The molecule has 8 nitrogen and oxygen atoms in total. The summed E-state index contributed by atoms with van der Waals surface area (Å²) in [6.07, 6.45) is 5.34. The summed E-state index contributed by atoms with van der Waals surface area (Å²) < 4.78 is 40.0. The highest BCUT2D eigenvalue weighted by Crippen LogP contribution is 2.32. The Balaban J connectivity index is 1.17. The van der Waals surface area contributed by atoms with Crippen molar-refractivity contribution in [3.8, 4) is 10.9 Å². The van der Waals surface area contributed by atoms with E-state index < -0.39 is 10.0 Å². The number of amides is 1. The van der Waals surface area contributed by atoms with Crippen LogP contribution in [0, 0.1) is 0 Å². The van der Waals surface area contributed by atoms with Gasteiger partial charge in [0.25, 0.3) is 11.1 Å². The normalized spacial score (nSPS) is 18.2. The second kappa shape index (κ2) is 10.7. The summed E-state index contributed by atoms with van der Waals surface area (Å²) in [6, 6.07) is 12.1. The molecule has 36 heavy (non-hydrogen) atoms. The Labute approximate surface area is 215 Å². The SMILES string of the molecule is COc1ccc2nc(OC3CCN(C(=O)c4ccc(S(=O)(=O)N5CCCCCC5)cc4)CC3)sc2c1. The predicted molar refractivity (Wildman–Crippen MR) is 139 cm³/mol. The summed E-state index contributed by atoms with van der Waals surface area (Å²) >= 11 is 1.49. The molecule has 0 atom stereocenters. The maximum Gasteiger partial charge on any atom is 0.274 e. The molecule has 2 aliphatic rings. The van der Waals surface area contributed by atoms with E-state index in [9.17, 15) is 13.2 Å². The van der Waals surface area contributed by atoms with Gasteiger partial charge in [0.15, 0.2) is 0 Å². The van der Waals surface area contributed by atoms with Crippen LogP contribution >= 0.6 is 11.3 Å². The molecule has 0 radical (unpaired) electrons. The van der Waals surface area contributed by atoms with Crippen LogP contribution in [-0.4, -0.2) is 67.9 Å². The molecule has 2 aliphatic heterocycles. The first-order chi connectivity index (χ1) is 17.4. The van der Waals surface area contributed by atoms with Crippen LogP contribution in [0.15, 0.2) is 47.4 Å². The number of rotatable bonds is 6. The maximum absolute atomic E-state index is 13.1. The van der Waals surface area contributed by atoms with Gasteiger partial charge in [0.1, 0.15) is 11.9 Å². The Morgan fingerprint density at radius 3 is 2.33 bits per heavy atom. The van der Waals surface area contributed by atoms with Crippen molar-refractivity contribution in [1.29, 1.82) is 0 Å². The van der Waals surface area contributed by atoms with Crippen molar-refractivity contribution in [2.75, 3.05) is 33.3 Å². The van der Waals surface area contributed by atoms with Crippen molar-refractivity contribution in [3.63, 3.8) is 0 Å². The highest BCUT2D eigenvalue weighted by molar-refractivity contribution is 7.89. The van der Waals surface area contributed by atoms with E-state index >= 15 is 0 Å². The van der Waals surface area contributed by atoms with Gasteiger partial charge < -0.3 is 14.4 Å². The van der Waals surface area contributed by atoms with Crippen LogP contribution in [0.2, 0.25) is 0 Å². The summed E-state index contributed by atoms with van der Waals surface area (Å²) in [7, 11) is -1.88. The third kappa shape index (κ3) is 5.35. The summed E-state index contributed by atoms with van der Waals surface area (Å²) in [4.78, 5) is 19.7. The molecular weight excluding hydrogens is 498 g/mol. The minimum Gasteiger partial charge on any atom is -0.497 e. The van der Waals surface area contributed by atoms with E-state index in [1.165, 1.54) is 11.3 Å². The molecule has 0 aliphatic carbocycles. The predicted octanol–water partition coefficient (Wildman–Crippen LogP) is 4.55. The molecule has 1 amide bonds. The Hall–Kier alpha value is -2.69. The van der Waals surface area contributed by atoms with E-state index in [1.54, 1.807) is 40.6 Å². The van der Waals surface area contributed by atoms with Crippen LogP contribution in [0.3, 0.4) is 0 Å². The second-order valence-electron chi connectivity index (χ2n) is 9.27. The van der Waals surface area contributed by atoms with Crippen LogP contribution in [-0.2, 0) is 10.0 Å². The number of thiazole rings is 1. The number of aromatic nitrogens is 1. The number of benzene rings is 2. The molecule has 0 N–H and O–H groups in total. The quantitative estimate of drug-likeness (QED) is 0.465. The third-order valence-electron chi connectivity index (χ3n) is 6.88. The van der Waals surface area contributed by atoms with Gasteiger partial charge in [-0.1, -0.05) is 24.2 Å². The smallest absolute Gasteiger partial charge is 0.274 e. The second-order valence-corrected chi connectivity index (χ2v) is 12.2. The van der Waals surface area contributed by atoms with E-state index in [-0.39, 0.29) is 16.9 Å². The van der Waals surface area contributed by atoms with E-state index in [4.69, 9.17) is 9.47 Å². The van der Waals surface area contributed by atoms with Gasteiger partial charge in [-0.25, -0.2) is 13.4 Å². The van der Waals surface area contributed by atoms with Crippen LogP contribution in [0.25, 0.3) is 10.2 Å². The van der Waals surface area contributed by atoms with Crippen molar-refractivity contribution >= 4 is 37.5 Å². The largest absolute Gasteiger partial charge is 0.497 e. The molecule has 2 fully saturated rings. The highest BCUT2D eigenvalue weighted by atomic mass is 32.2. The topological polar surface area (TPSA) is 89.0 Å². The van der Waals surface area contributed by atoms with Crippen LogP contribution in [0.5, 0.6) is 10.9 Å². The molecule has 3 heterocycles. The number of methoxy groups -OCH3 is 1. The average Bonchev–Trinajstić information content (AvgIpc) is 3.09. The van der Waals surface area contributed by atoms with Gasteiger partial charge >= 0.3 is 0 Å². The third-order valence-corrected chi connectivity index (χ3v) is 9.70. The molecule has 10 heteroatoms. The highest BCUT2D eigenvalue weighted by Gasteiger charge is 2.28. The summed E-state index contributed by atoms with van der Waals surface area (Å²) in [5, 5.41) is 0.629. The molecule has 5 rings (SSSR count). The molecule has 0 unspecified atom stereocenters. The lowest BCUT2D eigenvalue weighted by Crippen LogP contribution is -2.41. The van der Waals surface area contributed by atoms with Crippen LogP contribution < -0.4 is 9.47 Å². The molecule has 192 valence electrons. The van der Waals surface area contributed by atoms with E-state index in [0.29, 0.717) is 49.8 Å². The Morgan fingerprint density at radius 2 is 1.67 bits per heavy atom. The molecule has 2 aromatic carbocycles. The number of piperidine rings is 1. The average molecular weight is 530 g/mol. The Bertz CT molecular complexity index is 1310. The monoisotopic (exact) mass is 529 g/mol. The lowest BCUT2D eigenvalue weighted by Gasteiger charge is -2.31. The van der Waals surface area contributed by atoms with Crippen molar-refractivity contribution in [3.05, 3.63) is 48.0 Å². The fourth-order valence-corrected chi connectivity index (χ4v) is 7.19. The number of ether oxygens (including phenoxy) is 2. The van der Waals surface area contributed by atoms with E-state index in [2.05, 4.69) is 4.98 Å². The molecular formula is C26H31N3O5S2. The Kier molecular flexibility index (Phi) is 7.45. The zero-order chi connectivity index (χ0) is 25.1. The van der Waals surface area contributed by atoms with E-state index in [1.807, 2.05) is 18.2 Å². The number of sulfonamides is 1. The summed E-state index contributed by atoms with van der Waals surface area (Å²) in [5.74, 6) is 0.705. The van der Waals surface area contributed by atoms with Gasteiger partial charge in [0.05, 0.1) is 22.2 Å². The zero-order valence-electron chi connectivity index (χ0n) is 20.4. The number of carbonyl (C=O) groups excluding carboxylic acids is 1. The number of nitrogens with zero attached hydrogens (tertiary/aromatic N) is 3. The number of hydrogen-bond acceptors (Lipinski definition) is 7. The van der Waals surface area contributed by atoms with Crippen LogP contribution in [0.4, 0.5) is 0 Å². The first-order valence-corrected chi connectivity index (χ1v) is 14.7. The molecule has 3 aromatic rings. The van der Waals surface area contributed by atoms with Gasteiger partial charge in [0, 0.05) is 44.6 Å². The minimum atomic E-state index is -3.52. The van der Waals surface area contributed by atoms with Crippen molar-refractivity contribution < 1.29 is 22.7 Å². The number of fused-ring (bicyclic) bond motifs is 1. The molecule has 0 bridgehead atoms. The molecule has 2 saturated heterocycles. The summed E-state index contributed by atoms with van der Waals surface area (Å²) in [6.45, 7) is 2.28. The van der Waals surface area contributed by atoms with Gasteiger partial charge in [-0.2, -0.15) is 4.31 Å². The number of carbonyl (C=O) groups is 1. The fourth-order valence-electron chi connectivity index (χ4n) is 4.76. The molecule has 1 aromatic heterocycles. The van der Waals surface area contributed by atoms with Gasteiger partial charge in [-0.15, -0.1) is 0 Å². The van der Waals surface area contributed by atoms with Crippen molar-refractivity contribution in [2.24, 2.45) is 0 Å². The Morgan fingerprint density at radius 1 is 0.972 bits per heavy atom. The van der Waals surface area contributed by atoms with Crippen molar-refractivity contribution in [1.82, 2.24) is 14.2 Å². The van der Waals surface area contributed by atoms with Crippen LogP contribution in [0.1, 0.15) is 48.9 Å². The van der Waals surface area contributed by atoms with Gasteiger partial charge in [0.2, 0.25) is 10.0 Å². The molecule has 0 spiro atoms. The number of hydrogen-bond donors (Lipinski definition) is 0. The fraction of sp³-hybridized carbons (Fsp3) is 0.462. The lowest BCUT2D eigenvalue weighted by molar-refractivity contribution is 0.0595. The van der Waals surface area contributed by atoms with Gasteiger partial charge in [-0.05, 0) is 55.3 Å². The van der Waals surface area contributed by atoms with Gasteiger partial charge in [-0.3, -0.25) is 4.79 Å². The van der Waals surface area contributed by atoms with Crippen molar-refractivity contribution in [2.45, 2.75) is 49.5 Å². The van der Waals surface area contributed by atoms with E-state index in [0.717, 1.165) is 41.6 Å². The zero-order valence-corrected chi connectivity index (χ0v) is 22.0. The minimum absolute atomic E-state index is 0.00217. The lowest BCUT2D eigenvalue weighted by atomic mass is 10.1. The maximum atomic E-state index is 13.1. The first-order valence-electron chi connectivity index (χ1n) is 12.4. The standard InChI is InChI=1S/C26H31N3O5S2/c1-33-21-8-11-23-24(18-21)35-26(27-23)34-20-12-16-28(17-13-20)25(30)19-6-9-22(10-7-19)36(31,32)29-14-4-2-3-5-15-29/h6-11,18,20H,2-5,12-17H2,1H3.